The van der Waals surface area contributed by atoms with Gasteiger partial charge in [0.2, 0.25) is 5.88 Å². The number of halogens is 3. The number of aromatic nitrogens is 3. The van der Waals surface area contributed by atoms with Crippen molar-refractivity contribution in [2.24, 2.45) is 5.92 Å². The van der Waals surface area contributed by atoms with Gasteiger partial charge in [-0.2, -0.15) is 0 Å². The molecule has 29 heavy (non-hydrogen) atoms. The molecular weight excluding hydrogens is 406 g/mol. The van der Waals surface area contributed by atoms with E-state index < -0.39 is 18.9 Å². The van der Waals surface area contributed by atoms with Gasteiger partial charge in [-0.1, -0.05) is 11.6 Å². The summed E-state index contributed by atoms with van der Waals surface area (Å²) in [5.74, 6) is -0.0152. The number of Topliss-reactive ketones (excluding diaryl/α,β-unsaturated/α-hetero) is 1. The number of hydrogen-bond acceptors (Lipinski definition) is 6. The van der Waals surface area contributed by atoms with Gasteiger partial charge in [-0.25, -0.2) is 23.7 Å². The van der Waals surface area contributed by atoms with E-state index in [1.165, 1.54) is 18.3 Å². The quantitative estimate of drug-likeness (QED) is 0.665. The first-order chi connectivity index (χ1) is 13.8. The maximum atomic E-state index is 12.4. The summed E-state index contributed by atoms with van der Waals surface area (Å²) in [7, 11) is 0. The van der Waals surface area contributed by atoms with Crippen molar-refractivity contribution >= 4 is 23.3 Å². The first-order valence-electron chi connectivity index (χ1n) is 9.02. The van der Waals surface area contributed by atoms with E-state index in [1.807, 2.05) is 0 Å². The number of ketones is 1. The zero-order valence-corrected chi connectivity index (χ0v) is 16.4. The topological polar surface area (TPSA) is 94.1 Å². The molecule has 0 radical (unpaired) electrons. The lowest BCUT2D eigenvalue weighted by molar-refractivity contribution is -0.119. The maximum Gasteiger partial charge on any atom is 0.272 e. The molecule has 0 saturated heterocycles. The fourth-order valence-electron chi connectivity index (χ4n) is 2.61. The number of nitrogens with one attached hydrogen (secondary N) is 1. The Morgan fingerprint density at radius 3 is 2.72 bits per heavy atom. The van der Waals surface area contributed by atoms with Gasteiger partial charge in [-0.05, 0) is 37.5 Å². The molecule has 1 aliphatic rings. The molecule has 1 saturated carbocycles. The lowest BCUT2D eigenvalue weighted by Crippen LogP contribution is -2.25. The van der Waals surface area contributed by atoms with Gasteiger partial charge in [0.1, 0.15) is 22.3 Å². The maximum absolute atomic E-state index is 12.4. The van der Waals surface area contributed by atoms with Crippen molar-refractivity contribution < 1.29 is 23.1 Å². The Bertz CT molecular complexity index is 922. The Labute approximate surface area is 170 Å². The molecule has 2 heterocycles. The van der Waals surface area contributed by atoms with Crippen molar-refractivity contribution in [1.29, 1.82) is 0 Å². The molecule has 3 rings (SSSR count). The third kappa shape index (κ3) is 6.15. The summed E-state index contributed by atoms with van der Waals surface area (Å²) in [6.45, 7) is 1.02. The van der Waals surface area contributed by atoms with E-state index in [4.69, 9.17) is 16.3 Å². The molecule has 0 atom stereocenters. The highest BCUT2D eigenvalue weighted by atomic mass is 35.5. The number of pyridine rings is 1. The van der Waals surface area contributed by atoms with Crippen LogP contribution in [0.3, 0.4) is 0 Å². The zero-order chi connectivity index (χ0) is 21.0. The van der Waals surface area contributed by atoms with Gasteiger partial charge in [0.25, 0.3) is 12.3 Å². The number of aryl methyl sites for hydroxylation is 1. The van der Waals surface area contributed by atoms with Gasteiger partial charge >= 0.3 is 0 Å². The van der Waals surface area contributed by atoms with Crippen LogP contribution in [-0.4, -0.2) is 39.7 Å². The lowest BCUT2D eigenvalue weighted by atomic mass is 10.2. The number of ether oxygens (including phenoxy) is 1. The average molecular weight is 425 g/mol. The summed E-state index contributed by atoms with van der Waals surface area (Å²) in [6, 6.07) is 3.01. The Balaban J connectivity index is 1.60. The van der Waals surface area contributed by atoms with Crippen LogP contribution in [0.5, 0.6) is 5.88 Å². The van der Waals surface area contributed by atoms with Crippen LogP contribution in [0.1, 0.15) is 40.4 Å². The predicted molar refractivity (Wildman–Crippen MR) is 100 cm³/mol. The van der Waals surface area contributed by atoms with E-state index in [9.17, 15) is 18.4 Å². The summed E-state index contributed by atoms with van der Waals surface area (Å²) in [6.07, 6.45) is 0.665. The highest BCUT2D eigenvalue weighted by Gasteiger charge is 2.30. The van der Waals surface area contributed by atoms with Crippen LogP contribution >= 0.6 is 11.6 Å². The van der Waals surface area contributed by atoms with Gasteiger partial charge in [0, 0.05) is 24.4 Å². The molecule has 10 heteroatoms. The van der Waals surface area contributed by atoms with Crippen LogP contribution in [0.2, 0.25) is 5.02 Å². The number of alkyl halides is 2. The van der Waals surface area contributed by atoms with Crippen molar-refractivity contribution in [1.82, 2.24) is 20.3 Å². The van der Waals surface area contributed by atoms with Crippen molar-refractivity contribution in [3.05, 3.63) is 46.1 Å². The van der Waals surface area contributed by atoms with Gasteiger partial charge in [-0.15, -0.1) is 0 Å². The van der Waals surface area contributed by atoms with Crippen molar-refractivity contribution in [3.8, 4) is 5.88 Å². The van der Waals surface area contributed by atoms with Gasteiger partial charge in [0.05, 0.1) is 6.42 Å². The van der Waals surface area contributed by atoms with E-state index in [0.717, 1.165) is 12.8 Å². The SMILES string of the molecule is Cc1cc(C(=O)NCc2cnc(OCC(F)F)c(Cl)c2)nc(CC(=O)C2CC2)n1. The molecule has 1 fully saturated rings. The van der Waals surface area contributed by atoms with Gasteiger partial charge < -0.3 is 10.1 Å². The van der Waals surface area contributed by atoms with E-state index in [-0.39, 0.29) is 41.3 Å². The number of rotatable bonds is 9. The second-order valence-corrected chi connectivity index (χ2v) is 7.15. The van der Waals surface area contributed by atoms with Crippen LogP contribution in [0, 0.1) is 12.8 Å². The van der Waals surface area contributed by atoms with E-state index in [1.54, 1.807) is 6.92 Å². The molecule has 1 amide bonds. The molecule has 0 aromatic carbocycles. The minimum atomic E-state index is -2.63. The van der Waals surface area contributed by atoms with Crippen LogP contribution in [0.4, 0.5) is 8.78 Å². The highest BCUT2D eigenvalue weighted by molar-refractivity contribution is 6.31. The molecule has 1 aliphatic carbocycles. The van der Waals surface area contributed by atoms with Crippen LogP contribution in [0.25, 0.3) is 0 Å². The molecular formula is C19H19ClF2N4O3. The Hall–Kier alpha value is -2.68. The highest BCUT2D eigenvalue weighted by Crippen LogP contribution is 2.30. The van der Waals surface area contributed by atoms with E-state index in [2.05, 4.69) is 20.3 Å². The van der Waals surface area contributed by atoms with Crippen LogP contribution in [-0.2, 0) is 17.8 Å². The standard InChI is InChI=1S/C19H19ClF2N4O3/c1-10-4-14(26-17(25-10)6-15(27)12-2-3-12)18(28)23-7-11-5-13(20)19(24-8-11)29-9-16(21)22/h4-5,8,12,16H,2-3,6-7,9H2,1H3,(H,23,28). The molecule has 1 N–H and O–H groups in total. The van der Waals surface area contributed by atoms with Gasteiger partial charge in [0.15, 0.2) is 6.61 Å². The molecule has 2 aromatic heterocycles. The van der Waals surface area contributed by atoms with Crippen molar-refractivity contribution in [3.63, 3.8) is 0 Å². The monoisotopic (exact) mass is 424 g/mol. The summed E-state index contributed by atoms with van der Waals surface area (Å²) in [5.41, 5.74) is 1.31. The first kappa shape index (κ1) is 21.0. The van der Waals surface area contributed by atoms with E-state index in [0.29, 0.717) is 17.1 Å². The predicted octanol–water partition coefficient (Wildman–Crippen LogP) is 2.93. The molecule has 0 aliphatic heterocycles. The lowest BCUT2D eigenvalue weighted by Gasteiger charge is -2.09. The third-order valence-electron chi connectivity index (χ3n) is 4.16. The molecule has 0 unspecified atom stereocenters. The third-order valence-corrected chi connectivity index (χ3v) is 4.43. The van der Waals surface area contributed by atoms with Crippen molar-refractivity contribution in [2.45, 2.75) is 39.2 Å². The molecule has 0 spiro atoms. The molecule has 2 aromatic rings. The fourth-order valence-corrected chi connectivity index (χ4v) is 2.86. The Kier molecular flexibility index (Phi) is 6.68. The second kappa shape index (κ2) is 9.21. The first-order valence-corrected chi connectivity index (χ1v) is 9.40. The van der Waals surface area contributed by atoms with E-state index >= 15 is 0 Å². The number of carbonyl (C=O) groups is 2. The largest absolute Gasteiger partial charge is 0.471 e. The van der Waals surface area contributed by atoms with Crippen LogP contribution < -0.4 is 10.1 Å². The second-order valence-electron chi connectivity index (χ2n) is 6.74. The zero-order valence-electron chi connectivity index (χ0n) is 15.6. The summed E-state index contributed by atoms with van der Waals surface area (Å²) in [5, 5.41) is 2.75. The average Bonchev–Trinajstić information content (AvgIpc) is 3.50. The smallest absolute Gasteiger partial charge is 0.272 e. The minimum absolute atomic E-state index is 0.0659. The van der Waals surface area contributed by atoms with Crippen molar-refractivity contribution in [2.75, 3.05) is 6.61 Å². The Morgan fingerprint density at radius 1 is 1.31 bits per heavy atom. The van der Waals surface area contributed by atoms with Crippen LogP contribution in [0.15, 0.2) is 18.3 Å². The number of nitrogens with zero attached hydrogens (tertiary/aromatic N) is 3. The Morgan fingerprint density at radius 2 is 2.07 bits per heavy atom. The minimum Gasteiger partial charge on any atom is -0.471 e. The van der Waals surface area contributed by atoms with Gasteiger partial charge in [-0.3, -0.25) is 9.59 Å². The molecule has 7 nitrogen and oxygen atoms in total. The summed E-state index contributed by atoms with van der Waals surface area (Å²) < 4.78 is 29.2. The summed E-state index contributed by atoms with van der Waals surface area (Å²) >= 11 is 5.97. The molecule has 0 bridgehead atoms. The number of carbonyl (C=O) groups excluding carboxylic acids is 2. The number of hydrogen-bond donors (Lipinski definition) is 1. The molecule has 154 valence electrons. The summed E-state index contributed by atoms with van der Waals surface area (Å²) in [4.78, 5) is 36.7. The normalized spacial score (nSPS) is 13.4. The number of amides is 1. The fraction of sp³-hybridized carbons (Fsp3) is 0.421.